The van der Waals surface area contributed by atoms with Gasteiger partial charge in [-0.25, -0.2) is 9.59 Å². The number of esters is 2. The maximum absolute atomic E-state index is 12.4. The zero-order chi connectivity index (χ0) is 99.4. The van der Waals surface area contributed by atoms with Gasteiger partial charge in [-0.1, -0.05) is 401 Å². The van der Waals surface area contributed by atoms with Gasteiger partial charge < -0.3 is 38.9 Å². The molecule has 0 aromatic heterocycles. The van der Waals surface area contributed by atoms with Crippen molar-refractivity contribution in [1.29, 1.82) is 0 Å². The van der Waals surface area contributed by atoms with Crippen LogP contribution in [-0.4, -0.2) is 130 Å². The van der Waals surface area contributed by atoms with E-state index in [1.165, 1.54) is 185 Å². The van der Waals surface area contributed by atoms with Gasteiger partial charge in [-0.15, -0.1) is 0 Å². The molecule has 0 fully saturated rings. The first-order valence-corrected chi connectivity index (χ1v) is 48.0. The smallest absolute Gasteiger partial charge is 0.330 e. The molecule has 14 aromatic carbocycles. The molecule has 6 heterocycles. The molecule has 0 saturated heterocycles. The van der Waals surface area contributed by atoms with E-state index in [-0.39, 0.29) is 71.0 Å². The summed E-state index contributed by atoms with van der Waals surface area (Å²) < 4.78 is 9.08. The number of methoxy groups -OCH3 is 2. The van der Waals surface area contributed by atoms with Crippen LogP contribution >= 0.6 is 0 Å². The van der Waals surface area contributed by atoms with E-state index in [0.717, 1.165) is 11.1 Å². The van der Waals surface area contributed by atoms with Gasteiger partial charge in [-0.3, -0.25) is 28.8 Å². The van der Waals surface area contributed by atoms with Crippen molar-refractivity contribution >= 4 is 47.4 Å². The zero-order valence-electron chi connectivity index (χ0n) is 80.8. The Bertz CT molecular complexity index is 6460. The number of carbonyl (C=O) groups excluding carboxylic acids is 8. The van der Waals surface area contributed by atoms with E-state index in [1.807, 2.05) is 117 Å². The van der Waals surface area contributed by atoms with Crippen LogP contribution in [0, 0.1) is 13.8 Å². The van der Waals surface area contributed by atoms with Crippen LogP contribution in [-0.2, 0) is 87.1 Å². The second-order valence-corrected chi connectivity index (χ2v) is 36.0. The summed E-state index contributed by atoms with van der Waals surface area (Å²) in [6.45, 7) is 26.4. The predicted molar refractivity (Wildman–Crippen MR) is 564 cm³/mol. The number of amides is 6. The highest BCUT2D eigenvalue weighted by atomic mass is 16.5. The average molecular weight is 1880 g/mol. The Balaban J connectivity index is 0.000000129. The van der Waals surface area contributed by atoms with Crippen LogP contribution in [0.5, 0.6) is 0 Å². The number of carbonyl (C=O) groups is 8. The first kappa shape index (κ1) is 99.7. The third-order valence-electron chi connectivity index (χ3n) is 27.0. The summed E-state index contributed by atoms with van der Waals surface area (Å²) in [5.41, 5.74) is 29.6. The number of hydrogen-bond acceptors (Lipinski definition) is 10. The van der Waals surface area contributed by atoms with Crippen LogP contribution in [0.25, 0.3) is 22.3 Å². The van der Waals surface area contributed by atoms with Crippen molar-refractivity contribution in [2.75, 3.05) is 53.5 Å². The second-order valence-electron chi connectivity index (χ2n) is 36.0. The Morgan fingerprint density at radius 3 is 0.704 bits per heavy atom. The van der Waals surface area contributed by atoms with Crippen LogP contribution in [0.3, 0.4) is 0 Å². The molecule has 712 valence electrons. The molecular formula is C126H118N6O10. The molecule has 6 aliphatic heterocycles. The summed E-state index contributed by atoms with van der Waals surface area (Å²) in [5, 5.41) is 0. The van der Waals surface area contributed by atoms with Gasteiger partial charge in [0, 0.05) is 138 Å². The van der Waals surface area contributed by atoms with Crippen LogP contribution in [0.4, 0.5) is 0 Å². The largest absolute Gasteiger partial charge is 0.466 e. The molecule has 16 nitrogen and oxygen atoms in total. The normalized spacial score (nSPS) is 16.6. The molecule has 0 bridgehead atoms. The van der Waals surface area contributed by atoms with Gasteiger partial charge in [-0.05, 0) is 161 Å². The topological polar surface area (TPSA) is 174 Å². The highest BCUT2D eigenvalue weighted by Crippen LogP contribution is 2.43. The van der Waals surface area contributed by atoms with E-state index >= 15 is 0 Å². The Morgan fingerprint density at radius 1 is 0.225 bits per heavy atom. The number of benzene rings is 14. The number of aryl methyl sites for hydroxylation is 2. The molecule has 142 heavy (non-hydrogen) atoms. The highest BCUT2D eigenvalue weighted by Gasteiger charge is 2.36. The van der Waals surface area contributed by atoms with Crippen LogP contribution < -0.4 is 0 Å². The van der Waals surface area contributed by atoms with Gasteiger partial charge in [0.2, 0.25) is 35.4 Å². The summed E-state index contributed by atoms with van der Waals surface area (Å²) in [4.78, 5) is 107. The molecular weight excluding hydrogens is 1760 g/mol. The van der Waals surface area contributed by atoms with E-state index in [4.69, 9.17) is 0 Å². The van der Waals surface area contributed by atoms with E-state index in [1.54, 1.807) is 9.80 Å². The van der Waals surface area contributed by atoms with Crippen molar-refractivity contribution < 1.29 is 47.8 Å². The maximum Gasteiger partial charge on any atom is 0.330 e. The molecule has 20 rings (SSSR count). The maximum atomic E-state index is 12.4. The Kier molecular flexibility index (Phi) is 34.1. The zero-order valence-corrected chi connectivity index (χ0v) is 80.8. The molecule has 0 spiro atoms. The minimum absolute atomic E-state index is 0.00286. The first-order chi connectivity index (χ1) is 69.3. The molecule has 14 aromatic rings. The number of nitrogens with zero attached hydrogens (tertiary/aromatic N) is 6. The van der Waals surface area contributed by atoms with Gasteiger partial charge in [0.25, 0.3) is 0 Å². The van der Waals surface area contributed by atoms with Crippen molar-refractivity contribution in [3.63, 3.8) is 0 Å². The van der Waals surface area contributed by atoms with Gasteiger partial charge in [0.1, 0.15) is 0 Å². The Hall–Kier alpha value is -16.7. The van der Waals surface area contributed by atoms with Gasteiger partial charge in [-0.2, -0.15) is 0 Å². The van der Waals surface area contributed by atoms with E-state index < -0.39 is 11.9 Å². The van der Waals surface area contributed by atoms with Crippen molar-refractivity contribution in [3.05, 3.63) is 550 Å². The molecule has 6 amide bonds. The monoisotopic (exact) mass is 1870 g/mol. The molecule has 0 unspecified atom stereocenters. The summed E-state index contributed by atoms with van der Waals surface area (Å²) in [7, 11) is 2.58. The van der Waals surface area contributed by atoms with Crippen LogP contribution in [0.15, 0.2) is 439 Å². The number of fused-ring (bicyclic) bond motifs is 6. The fourth-order valence-electron chi connectivity index (χ4n) is 19.7. The minimum atomic E-state index is -0.527. The fraction of sp³-hybridized carbons (Fsp3) is 0.175. The minimum Gasteiger partial charge on any atom is -0.466 e. The lowest BCUT2D eigenvalue weighted by atomic mass is 9.83. The molecule has 0 saturated carbocycles. The third kappa shape index (κ3) is 25.0. The van der Waals surface area contributed by atoms with Crippen molar-refractivity contribution in [2.45, 2.75) is 88.6 Å². The van der Waals surface area contributed by atoms with E-state index in [9.17, 15) is 38.4 Å². The second kappa shape index (κ2) is 48.5. The van der Waals surface area contributed by atoms with Gasteiger partial charge in [0.05, 0.1) is 14.2 Å². The van der Waals surface area contributed by atoms with Gasteiger partial charge in [0.15, 0.2) is 0 Å². The number of rotatable bonds is 16. The number of ether oxygens (including phenoxy) is 2. The van der Waals surface area contributed by atoms with Crippen LogP contribution in [0.2, 0.25) is 0 Å². The summed E-state index contributed by atoms with van der Waals surface area (Å²) >= 11 is 0. The van der Waals surface area contributed by atoms with Gasteiger partial charge >= 0.3 is 11.9 Å². The quantitative estimate of drug-likeness (QED) is 0.0669. The highest BCUT2D eigenvalue weighted by molar-refractivity contribution is 5.96. The lowest BCUT2D eigenvalue weighted by Crippen LogP contribution is -2.37. The van der Waals surface area contributed by atoms with E-state index in [0.29, 0.717) is 78.5 Å². The van der Waals surface area contributed by atoms with Crippen molar-refractivity contribution in [3.8, 4) is 22.3 Å². The molecule has 0 aliphatic carbocycles. The summed E-state index contributed by atoms with van der Waals surface area (Å²) in [6, 6.07) is 126. The molecule has 0 radical (unpaired) electrons. The SMILES string of the molecule is C=CC(=O)N1Cc2cc(C)ccc2[C@@H](c2ccccc2)C1.C=CC(=O)N1Cc2cc(C)ccc2[C@H](c2ccccc2)C1.C=CC(=O)N1Cc2ccc(-c3ccccc3)cc2[C@@H](c2ccccc2)C1.C=CC(=O)N1Cc2ccc(-c3ccccc3)cc2[C@H](c2ccccc2)C1.COC(=O)/C=C/C(=O)N1Cc2ccccc2[C@@H](c2ccccc2)C1.COC(=O)/C=C/C(=O)N1Cc2ccccc2[C@H](c2ccccc2)C1. The van der Waals surface area contributed by atoms with Crippen molar-refractivity contribution in [2.24, 2.45) is 0 Å². The molecule has 6 aliphatic rings. The number of hydrogen-bond donors (Lipinski definition) is 0. The fourth-order valence-corrected chi connectivity index (χ4v) is 19.7. The predicted octanol–water partition coefficient (Wildman–Crippen LogP) is 23.1. The first-order valence-electron chi connectivity index (χ1n) is 48.0. The Morgan fingerprint density at radius 2 is 0.444 bits per heavy atom. The van der Waals surface area contributed by atoms with E-state index in [2.05, 4.69) is 317 Å². The molecule has 16 heteroatoms. The standard InChI is InChI=1S/2C24H21NO.2C20H19NO3.2C19H19NO/c2*1-2-24(26)25-16-21-14-13-20(18-9-5-3-6-10-18)15-22(21)23(17-25)19-11-7-4-8-12-19;2*1-24-20(23)12-11-19(22)21-13-16-9-5-6-10-17(16)18(14-21)15-7-3-2-4-8-15;2*1-3-19(21)20-12-16-11-14(2)9-10-17(16)18(13-20)15-7-5-4-6-8-15/h2*2-15,23H,1,16-17H2;2*2-12,18H,13-14H2,1H3;2*3-11,18H,1,12-13H2,2H3/b;;2*12-11+;;/t2*23-;4*18-/m101010/s1. The third-order valence-corrected chi connectivity index (χ3v) is 27.0. The molecule has 0 N–H and O–H groups in total. The lowest BCUT2D eigenvalue weighted by molar-refractivity contribution is -0.136. The van der Waals surface area contributed by atoms with Crippen molar-refractivity contribution in [1.82, 2.24) is 29.4 Å². The Labute approximate surface area is 833 Å². The van der Waals surface area contributed by atoms with Crippen LogP contribution in [0.1, 0.15) is 147 Å². The average Bonchev–Trinajstić information content (AvgIpc) is 0.837. The molecule has 6 atom stereocenters. The summed E-state index contributed by atoms with van der Waals surface area (Å²) in [6.07, 6.45) is 10.5. The lowest BCUT2D eigenvalue weighted by Gasteiger charge is -2.35. The summed E-state index contributed by atoms with van der Waals surface area (Å²) in [5.74, 6) is -0.358.